The predicted molar refractivity (Wildman–Crippen MR) is 141 cm³/mol. The fourth-order valence-electron chi connectivity index (χ4n) is 5.37. The van der Waals surface area contributed by atoms with Gasteiger partial charge in [-0.3, -0.25) is 23.9 Å². The normalized spacial score (nSPS) is 20.1. The van der Waals surface area contributed by atoms with E-state index in [-0.39, 0.29) is 55.1 Å². The van der Waals surface area contributed by atoms with Crippen molar-refractivity contribution < 1.29 is 19.2 Å². The van der Waals surface area contributed by atoms with Crippen LogP contribution in [0.3, 0.4) is 0 Å². The van der Waals surface area contributed by atoms with Gasteiger partial charge in [0.15, 0.2) is 5.69 Å². The molecule has 1 aliphatic heterocycles. The zero-order valence-corrected chi connectivity index (χ0v) is 22.8. The lowest BCUT2D eigenvalue weighted by molar-refractivity contribution is -0.141. The number of H-pyrrole nitrogens is 1. The van der Waals surface area contributed by atoms with Gasteiger partial charge in [0.05, 0.1) is 6.54 Å². The summed E-state index contributed by atoms with van der Waals surface area (Å²) < 4.78 is 1.75. The van der Waals surface area contributed by atoms with Crippen molar-refractivity contribution in [3.8, 4) is 0 Å². The number of hydrogen-bond donors (Lipinski definition) is 2. The molecule has 2 N–H and O–H groups in total. The van der Waals surface area contributed by atoms with Gasteiger partial charge in [-0.15, -0.1) is 0 Å². The van der Waals surface area contributed by atoms with Crippen LogP contribution in [0.25, 0.3) is 0 Å². The molecule has 0 aromatic carbocycles. The van der Waals surface area contributed by atoms with Gasteiger partial charge in [0.25, 0.3) is 11.8 Å². The summed E-state index contributed by atoms with van der Waals surface area (Å²) in [5.41, 5.74) is 2.69. The number of rotatable bonds is 3. The zero-order chi connectivity index (χ0) is 27.4. The number of nitrogens with one attached hydrogen (secondary N) is 2. The molecule has 4 amide bonds. The Kier molecular flexibility index (Phi) is 8.53. The highest BCUT2D eigenvalue weighted by atomic mass is 16.2. The van der Waals surface area contributed by atoms with Gasteiger partial charge in [0.1, 0.15) is 5.69 Å². The molecule has 11 nitrogen and oxygen atoms in total. The Hall–Kier alpha value is -3.63. The minimum absolute atomic E-state index is 0.0162. The van der Waals surface area contributed by atoms with Crippen molar-refractivity contribution in [2.24, 2.45) is 13.0 Å². The summed E-state index contributed by atoms with van der Waals surface area (Å²) in [6.45, 7) is 5.46. The summed E-state index contributed by atoms with van der Waals surface area (Å²) in [5.74, 6) is -0.472. The largest absolute Gasteiger partial charge is 0.357 e. The Morgan fingerprint density at radius 3 is 2.63 bits per heavy atom. The maximum Gasteiger partial charge on any atom is 0.272 e. The SMILES string of the molecule is CC(C)CN1CC(=O)N(C)C2CCc3c(c(nn3C)C(=O)NCCN(C(=O)c3ccc[nH]3)CCCC1=O)C2. The van der Waals surface area contributed by atoms with Gasteiger partial charge in [-0.1, -0.05) is 13.8 Å². The van der Waals surface area contributed by atoms with E-state index >= 15 is 0 Å². The molecule has 0 radical (unpaired) electrons. The number of likely N-dealkylation sites (N-methyl/N-ethyl adjacent to an activating group) is 1. The topological polar surface area (TPSA) is 124 Å². The van der Waals surface area contributed by atoms with Crippen LogP contribution >= 0.6 is 0 Å². The molecule has 1 atom stereocenters. The van der Waals surface area contributed by atoms with Gasteiger partial charge < -0.3 is 25.0 Å². The molecular formula is C27H39N7O4. The first-order valence-electron chi connectivity index (χ1n) is 13.4. The van der Waals surface area contributed by atoms with Crippen molar-refractivity contribution in [3.05, 3.63) is 41.0 Å². The minimum Gasteiger partial charge on any atom is -0.357 e. The van der Waals surface area contributed by atoms with Gasteiger partial charge in [-0.05, 0) is 43.7 Å². The van der Waals surface area contributed by atoms with E-state index in [1.54, 1.807) is 44.8 Å². The summed E-state index contributed by atoms with van der Waals surface area (Å²) in [7, 11) is 3.62. The molecule has 11 heteroatoms. The second-order valence-electron chi connectivity index (χ2n) is 10.7. The highest BCUT2D eigenvalue weighted by molar-refractivity contribution is 5.94. The number of amides is 4. The van der Waals surface area contributed by atoms with E-state index in [4.69, 9.17) is 0 Å². The van der Waals surface area contributed by atoms with Crippen molar-refractivity contribution in [2.75, 3.05) is 39.8 Å². The third-order valence-electron chi connectivity index (χ3n) is 7.45. The van der Waals surface area contributed by atoms with Crippen LogP contribution in [0.1, 0.15) is 65.3 Å². The zero-order valence-electron chi connectivity index (χ0n) is 22.8. The molecular weight excluding hydrogens is 486 g/mol. The highest BCUT2D eigenvalue weighted by Gasteiger charge is 2.33. The van der Waals surface area contributed by atoms with Crippen LogP contribution in [0.5, 0.6) is 0 Å². The van der Waals surface area contributed by atoms with Crippen LogP contribution in [0, 0.1) is 5.92 Å². The first-order valence-corrected chi connectivity index (χ1v) is 13.4. The Balaban J connectivity index is 1.61. The van der Waals surface area contributed by atoms with E-state index in [0.29, 0.717) is 50.3 Å². The van der Waals surface area contributed by atoms with Gasteiger partial charge in [0, 0.05) is 70.2 Å². The summed E-state index contributed by atoms with van der Waals surface area (Å²) >= 11 is 0. The van der Waals surface area contributed by atoms with Crippen molar-refractivity contribution in [1.82, 2.24) is 34.8 Å². The molecule has 206 valence electrons. The number of fused-ring (bicyclic) bond motifs is 1. The van der Waals surface area contributed by atoms with Crippen LogP contribution in [0.15, 0.2) is 18.3 Å². The molecule has 1 aliphatic carbocycles. The fourth-order valence-corrected chi connectivity index (χ4v) is 5.37. The van der Waals surface area contributed by atoms with Gasteiger partial charge in [-0.2, -0.15) is 5.10 Å². The lowest BCUT2D eigenvalue weighted by Gasteiger charge is -2.34. The van der Waals surface area contributed by atoms with Crippen LogP contribution < -0.4 is 5.32 Å². The number of hydrogen-bond acceptors (Lipinski definition) is 5. The molecule has 2 aromatic rings. The Morgan fingerprint density at radius 2 is 1.92 bits per heavy atom. The molecule has 0 saturated carbocycles. The molecule has 0 fully saturated rings. The van der Waals surface area contributed by atoms with Gasteiger partial charge in [0.2, 0.25) is 11.8 Å². The number of aryl methyl sites for hydroxylation is 1. The van der Waals surface area contributed by atoms with Crippen molar-refractivity contribution in [1.29, 1.82) is 0 Å². The summed E-state index contributed by atoms with van der Waals surface area (Å²) in [6.07, 6.45) is 4.38. The number of nitrogens with zero attached hydrogens (tertiary/aromatic N) is 5. The maximum atomic E-state index is 13.3. The molecule has 1 unspecified atom stereocenters. The highest BCUT2D eigenvalue weighted by Crippen LogP contribution is 2.27. The average molecular weight is 526 g/mol. The van der Waals surface area contributed by atoms with Crippen LogP contribution in [0.4, 0.5) is 0 Å². The molecule has 2 bridgehead atoms. The number of carbonyl (C=O) groups excluding carboxylic acids is 4. The molecule has 0 spiro atoms. The lowest BCUT2D eigenvalue weighted by atomic mass is 9.90. The first-order chi connectivity index (χ1) is 18.2. The summed E-state index contributed by atoms with van der Waals surface area (Å²) in [5, 5.41) is 7.43. The molecule has 38 heavy (non-hydrogen) atoms. The fraction of sp³-hybridized carbons (Fsp3) is 0.593. The van der Waals surface area contributed by atoms with Crippen LogP contribution in [-0.4, -0.2) is 98.9 Å². The molecule has 0 saturated heterocycles. The monoisotopic (exact) mass is 525 g/mol. The number of aromatic amines is 1. The quantitative estimate of drug-likeness (QED) is 0.624. The average Bonchev–Trinajstić information content (AvgIpc) is 3.54. The molecule has 4 rings (SSSR count). The lowest BCUT2D eigenvalue weighted by Crippen LogP contribution is -2.47. The standard InChI is InChI=1S/C27H39N7O4/c1-18(2)16-34-17-24(36)31(3)19-9-10-22-20(15-19)25(30-32(22)4)26(37)29-12-14-33(13-6-8-23(34)35)27(38)21-7-5-11-28-21/h5,7,11,18-19,28H,6,8-10,12-17H2,1-4H3,(H,29,37). The van der Waals surface area contributed by atoms with E-state index in [1.807, 2.05) is 20.9 Å². The Morgan fingerprint density at radius 1 is 1.13 bits per heavy atom. The second-order valence-corrected chi connectivity index (χ2v) is 10.7. The van der Waals surface area contributed by atoms with Crippen molar-refractivity contribution >= 4 is 23.6 Å². The molecule has 2 aromatic heterocycles. The summed E-state index contributed by atoms with van der Waals surface area (Å²) in [6, 6.07) is 3.39. The molecule has 2 aliphatic rings. The summed E-state index contributed by atoms with van der Waals surface area (Å²) in [4.78, 5) is 60.8. The Labute approximate surface area is 223 Å². The maximum absolute atomic E-state index is 13.3. The number of aromatic nitrogens is 3. The third-order valence-corrected chi connectivity index (χ3v) is 7.45. The molecule has 3 heterocycles. The Bertz CT molecular complexity index is 1170. The van der Waals surface area contributed by atoms with Crippen molar-refractivity contribution in [2.45, 2.75) is 52.0 Å². The second kappa shape index (κ2) is 11.8. The van der Waals surface area contributed by atoms with E-state index in [1.165, 1.54) is 0 Å². The van der Waals surface area contributed by atoms with E-state index in [9.17, 15) is 19.2 Å². The smallest absolute Gasteiger partial charge is 0.272 e. The van der Waals surface area contributed by atoms with Gasteiger partial charge >= 0.3 is 0 Å². The van der Waals surface area contributed by atoms with Gasteiger partial charge in [-0.25, -0.2) is 0 Å². The van der Waals surface area contributed by atoms with Crippen molar-refractivity contribution in [3.63, 3.8) is 0 Å². The predicted octanol–water partition coefficient (Wildman–Crippen LogP) is 1.21. The van der Waals surface area contributed by atoms with E-state index in [0.717, 1.165) is 17.7 Å². The first kappa shape index (κ1) is 27.4. The van der Waals surface area contributed by atoms with Crippen LogP contribution in [-0.2, 0) is 29.5 Å². The van der Waals surface area contributed by atoms with Crippen LogP contribution in [0.2, 0.25) is 0 Å². The minimum atomic E-state index is -0.286. The van der Waals surface area contributed by atoms with E-state index in [2.05, 4.69) is 15.4 Å². The van der Waals surface area contributed by atoms with E-state index < -0.39 is 0 Å². The number of carbonyl (C=O) groups is 4. The third kappa shape index (κ3) is 6.08.